The molecule has 1 fully saturated rings. The average molecular weight is 530 g/mol. The quantitative estimate of drug-likeness (QED) is 0.362. The Labute approximate surface area is 228 Å². The smallest absolute Gasteiger partial charge is 0.341 e. The summed E-state index contributed by atoms with van der Waals surface area (Å²) >= 11 is 1.59. The molecule has 1 amide bonds. The molecular weight excluding hydrogens is 494 g/mol. The highest BCUT2D eigenvalue weighted by Gasteiger charge is 2.55. The van der Waals surface area contributed by atoms with Crippen LogP contribution in [0.4, 0.5) is 5.00 Å². The fourth-order valence-electron chi connectivity index (χ4n) is 7.56. The average Bonchev–Trinajstić information content (AvgIpc) is 3.42. The van der Waals surface area contributed by atoms with Crippen molar-refractivity contribution in [2.45, 2.75) is 63.7 Å². The first-order chi connectivity index (χ1) is 18.4. The lowest BCUT2D eigenvalue weighted by molar-refractivity contribution is -0.115. The summed E-state index contributed by atoms with van der Waals surface area (Å²) in [5.41, 5.74) is 5.50. The Morgan fingerprint density at radius 2 is 1.95 bits per heavy atom. The molecule has 0 unspecified atom stereocenters. The minimum atomic E-state index is -0.315. The minimum absolute atomic E-state index is 0.0958. The number of aryl methyl sites for hydroxylation is 1. The molecule has 1 saturated carbocycles. The van der Waals surface area contributed by atoms with Crippen molar-refractivity contribution in [1.82, 2.24) is 0 Å². The molecular formula is C32H35NO4S. The molecule has 4 atom stereocenters. The fourth-order valence-corrected chi connectivity index (χ4v) is 8.96. The number of thiophene rings is 1. The molecule has 3 aromatic rings. The molecule has 198 valence electrons. The SMILES string of the molecule is CCOC(=O)c1c(NC(=O)Cc2ccccc2)sc2c1[C@@]1(C)CC[C@@H]3c4ccc(OC)cc4CC[C@@H]3[C@@H]1C2. The van der Waals surface area contributed by atoms with Gasteiger partial charge < -0.3 is 14.8 Å². The summed E-state index contributed by atoms with van der Waals surface area (Å²) in [5.74, 6) is 2.14. The molecule has 3 aliphatic rings. The molecule has 5 nitrogen and oxygen atoms in total. The van der Waals surface area contributed by atoms with Crippen LogP contribution in [0, 0.1) is 11.8 Å². The Hall–Kier alpha value is -3.12. The second-order valence-electron chi connectivity index (χ2n) is 11.2. The van der Waals surface area contributed by atoms with E-state index in [2.05, 4.69) is 30.4 Å². The van der Waals surface area contributed by atoms with Gasteiger partial charge in [0.05, 0.1) is 25.7 Å². The first kappa shape index (κ1) is 25.2. The topological polar surface area (TPSA) is 64.6 Å². The van der Waals surface area contributed by atoms with Gasteiger partial charge in [0, 0.05) is 4.88 Å². The van der Waals surface area contributed by atoms with Crippen molar-refractivity contribution in [2.24, 2.45) is 11.8 Å². The van der Waals surface area contributed by atoms with E-state index in [-0.39, 0.29) is 23.7 Å². The van der Waals surface area contributed by atoms with Crippen LogP contribution < -0.4 is 10.1 Å². The van der Waals surface area contributed by atoms with Gasteiger partial charge >= 0.3 is 5.97 Å². The Balaban J connectivity index is 1.31. The molecule has 0 spiro atoms. The predicted molar refractivity (Wildman–Crippen MR) is 150 cm³/mol. The van der Waals surface area contributed by atoms with Gasteiger partial charge in [-0.2, -0.15) is 0 Å². The number of methoxy groups -OCH3 is 1. The number of carbonyl (C=O) groups excluding carboxylic acids is 2. The number of anilines is 1. The van der Waals surface area contributed by atoms with E-state index in [1.165, 1.54) is 16.0 Å². The molecule has 0 radical (unpaired) electrons. The predicted octanol–water partition coefficient (Wildman–Crippen LogP) is 6.68. The third-order valence-corrected chi connectivity index (χ3v) is 10.3. The largest absolute Gasteiger partial charge is 0.497 e. The summed E-state index contributed by atoms with van der Waals surface area (Å²) in [6.07, 6.45) is 5.60. The normalized spacial score (nSPS) is 25.0. The highest BCUT2D eigenvalue weighted by atomic mass is 32.1. The summed E-state index contributed by atoms with van der Waals surface area (Å²) in [4.78, 5) is 27.6. The lowest BCUT2D eigenvalue weighted by atomic mass is 9.54. The van der Waals surface area contributed by atoms with Crippen molar-refractivity contribution in [3.8, 4) is 5.75 Å². The summed E-state index contributed by atoms with van der Waals surface area (Å²) in [7, 11) is 1.73. The van der Waals surface area contributed by atoms with Gasteiger partial charge in [0.15, 0.2) is 0 Å². The van der Waals surface area contributed by atoms with Crippen LogP contribution >= 0.6 is 11.3 Å². The Morgan fingerprint density at radius 3 is 2.71 bits per heavy atom. The standard InChI is InChI=1S/C32H35NO4S/c1-4-37-31(35)28-29-26(38-30(28)33-27(34)16-19-8-6-5-7-9-19)18-25-24-12-10-20-17-21(36-3)11-13-22(20)23(24)14-15-32(25,29)2/h5-9,11,13,17,23-25H,4,10,12,14-16,18H2,1-3H3,(H,33,34)/t23-,24+,25+,32+/m1/s1. The van der Waals surface area contributed by atoms with E-state index in [9.17, 15) is 9.59 Å². The zero-order valence-corrected chi connectivity index (χ0v) is 23.2. The van der Waals surface area contributed by atoms with Crippen molar-refractivity contribution in [3.05, 3.63) is 81.2 Å². The van der Waals surface area contributed by atoms with Crippen molar-refractivity contribution >= 4 is 28.2 Å². The van der Waals surface area contributed by atoms with Gasteiger partial charge in [0.25, 0.3) is 0 Å². The number of ether oxygens (including phenoxy) is 2. The van der Waals surface area contributed by atoms with Gasteiger partial charge in [0.2, 0.25) is 5.91 Å². The van der Waals surface area contributed by atoms with Crippen LogP contribution in [-0.2, 0) is 34.2 Å². The number of amides is 1. The van der Waals surface area contributed by atoms with E-state index in [1.807, 2.05) is 37.3 Å². The summed E-state index contributed by atoms with van der Waals surface area (Å²) in [5, 5.41) is 3.74. The highest BCUT2D eigenvalue weighted by Crippen LogP contribution is 2.63. The number of benzene rings is 2. The molecule has 2 aromatic carbocycles. The monoisotopic (exact) mass is 529 g/mol. The van der Waals surface area contributed by atoms with Crippen LogP contribution in [0.1, 0.15) is 76.5 Å². The zero-order valence-electron chi connectivity index (χ0n) is 22.3. The zero-order chi connectivity index (χ0) is 26.4. The summed E-state index contributed by atoms with van der Waals surface area (Å²) < 4.78 is 11.0. The van der Waals surface area contributed by atoms with Crippen LogP contribution in [0.2, 0.25) is 0 Å². The van der Waals surface area contributed by atoms with E-state index in [4.69, 9.17) is 9.47 Å². The molecule has 6 heteroatoms. The van der Waals surface area contributed by atoms with E-state index in [0.717, 1.165) is 49.0 Å². The van der Waals surface area contributed by atoms with Gasteiger partial charge in [-0.3, -0.25) is 4.79 Å². The van der Waals surface area contributed by atoms with E-state index >= 15 is 0 Å². The fraction of sp³-hybridized carbons (Fsp3) is 0.438. The minimum Gasteiger partial charge on any atom is -0.497 e. The Kier molecular flexibility index (Phi) is 6.55. The molecule has 1 N–H and O–H groups in total. The number of fused-ring (bicyclic) bond motifs is 7. The molecule has 38 heavy (non-hydrogen) atoms. The molecule has 0 aliphatic heterocycles. The second kappa shape index (κ2) is 9.88. The number of hydrogen-bond acceptors (Lipinski definition) is 5. The highest BCUT2D eigenvalue weighted by molar-refractivity contribution is 7.17. The number of nitrogens with one attached hydrogen (secondary N) is 1. The van der Waals surface area contributed by atoms with Gasteiger partial charge in [-0.05, 0) is 96.6 Å². The maximum atomic E-state index is 13.4. The Morgan fingerprint density at radius 1 is 1.13 bits per heavy atom. The third kappa shape index (κ3) is 4.14. The lowest BCUT2D eigenvalue weighted by Gasteiger charge is -2.49. The van der Waals surface area contributed by atoms with Crippen molar-refractivity contribution in [2.75, 3.05) is 19.0 Å². The van der Waals surface area contributed by atoms with E-state index in [0.29, 0.717) is 34.9 Å². The first-order valence-electron chi connectivity index (χ1n) is 13.8. The number of rotatable bonds is 6. The van der Waals surface area contributed by atoms with Crippen LogP contribution in [-0.4, -0.2) is 25.6 Å². The Bertz CT molecular complexity index is 1380. The summed E-state index contributed by atoms with van der Waals surface area (Å²) in [6, 6.07) is 16.3. The molecule has 1 heterocycles. The van der Waals surface area contributed by atoms with Crippen molar-refractivity contribution in [1.29, 1.82) is 0 Å². The first-order valence-corrected chi connectivity index (χ1v) is 14.6. The molecule has 0 saturated heterocycles. The summed E-state index contributed by atoms with van der Waals surface area (Å²) in [6.45, 7) is 4.50. The van der Waals surface area contributed by atoms with Gasteiger partial charge in [-0.1, -0.05) is 43.3 Å². The molecule has 6 rings (SSSR count). The van der Waals surface area contributed by atoms with Crippen LogP contribution in [0.3, 0.4) is 0 Å². The van der Waals surface area contributed by atoms with E-state index in [1.54, 1.807) is 18.4 Å². The van der Waals surface area contributed by atoms with Gasteiger partial charge in [-0.15, -0.1) is 11.3 Å². The number of carbonyl (C=O) groups is 2. The molecule has 1 aromatic heterocycles. The van der Waals surface area contributed by atoms with E-state index < -0.39 is 0 Å². The van der Waals surface area contributed by atoms with Crippen molar-refractivity contribution < 1.29 is 19.1 Å². The number of hydrogen-bond donors (Lipinski definition) is 1. The van der Waals surface area contributed by atoms with Gasteiger partial charge in [-0.25, -0.2) is 4.79 Å². The van der Waals surface area contributed by atoms with Crippen LogP contribution in [0.15, 0.2) is 48.5 Å². The lowest BCUT2D eigenvalue weighted by Crippen LogP contribution is -2.43. The van der Waals surface area contributed by atoms with Crippen molar-refractivity contribution in [3.63, 3.8) is 0 Å². The second-order valence-corrected chi connectivity index (χ2v) is 12.3. The maximum absolute atomic E-state index is 13.4. The van der Waals surface area contributed by atoms with Gasteiger partial charge in [0.1, 0.15) is 10.8 Å². The van der Waals surface area contributed by atoms with Crippen LogP contribution in [0.5, 0.6) is 5.75 Å². The third-order valence-electron chi connectivity index (χ3n) is 9.22. The number of esters is 1. The van der Waals surface area contributed by atoms with Crippen LogP contribution in [0.25, 0.3) is 0 Å². The molecule has 3 aliphatic carbocycles. The maximum Gasteiger partial charge on any atom is 0.341 e. The molecule has 0 bridgehead atoms.